The van der Waals surface area contributed by atoms with Gasteiger partial charge in [0.1, 0.15) is 5.69 Å². The van der Waals surface area contributed by atoms with Crippen LogP contribution in [0.1, 0.15) is 6.92 Å². The molecular formula is C8H16N6. The third kappa shape index (κ3) is 1.78. The van der Waals surface area contributed by atoms with Crippen molar-refractivity contribution in [2.75, 3.05) is 42.3 Å². The van der Waals surface area contributed by atoms with Crippen LogP contribution in [0.3, 0.4) is 0 Å². The van der Waals surface area contributed by atoms with Crippen molar-refractivity contribution in [3.8, 4) is 0 Å². The van der Waals surface area contributed by atoms with Crippen molar-refractivity contribution in [2.24, 2.45) is 0 Å². The monoisotopic (exact) mass is 196 g/mol. The van der Waals surface area contributed by atoms with Crippen molar-refractivity contribution in [3.05, 3.63) is 0 Å². The van der Waals surface area contributed by atoms with E-state index in [1.54, 1.807) is 7.05 Å². The first kappa shape index (κ1) is 10.4. The van der Waals surface area contributed by atoms with Gasteiger partial charge in [0.2, 0.25) is 5.95 Å². The molecule has 0 saturated heterocycles. The summed E-state index contributed by atoms with van der Waals surface area (Å²) in [7, 11) is 3.69. The number of hydrogen-bond acceptors (Lipinski definition) is 6. The van der Waals surface area contributed by atoms with Gasteiger partial charge in [0.15, 0.2) is 11.6 Å². The van der Waals surface area contributed by atoms with Crippen LogP contribution in [0.5, 0.6) is 0 Å². The van der Waals surface area contributed by atoms with Gasteiger partial charge in [-0.05, 0) is 6.92 Å². The Balaban J connectivity index is 3.24. The lowest BCUT2D eigenvalue weighted by Gasteiger charge is -2.19. The van der Waals surface area contributed by atoms with E-state index in [1.807, 2.05) is 18.9 Å². The minimum absolute atomic E-state index is 0.191. The van der Waals surface area contributed by atoms with E-state index in [4.69, 9.17) is 11.5 Å². The third-order valence-electron chi connectivity index (χ3n) is 2.02. The molecule has 0 unspecified atom stereocenters. The lowest BCUT2D eigenvalue weighted by Crippen LogP contribution is -2.20. The van der Waals surface area contributed by atoms with Gasteiger partial charge in [-0.25, -0.2) is 0 Å². The zero-order chi connectivity index (χ0) is 10.7. The maximum Gasteiger partial charge on any atom is 0.224 e. The smallest absolute Gasteiger partial charge is 0.224 e. The summed E-state index contributed by atoms with van der Waals surface area (Å²) in [5.74, 6) is 1.28. The highest BCUT2D eigenvalue weighted by Crippen LogP contribution is 2.27. The summed E-state index contributed by atoms with van der Waals surface area (Å²) in [6.07, 6.45) is 0. The van der Waals surface area contributed by atoms with Gasteiger partial charge >= 0.3 is 0 Å². The molecule has 78 valence electrons. The van der Waals surface area contributed by atoms with Crippen LogP contribution in [0.15, 0.2) is 0 Å². The Morgan fingerprint density at radius 1 is 1.36 bits per heavy atom. The first-order valence-corrected chi connectivity index (χ1v) is 4.42. The molecule has 0 amide bonds. The highest BCUT2D eigenvalue weighted by molar-refractivity contribution is 5.77. The lowest BCUT2D eigenvalue weighted by molar-refractivity contribution is 0.934. The first-order valence-electron chi connectivity index (χ1n) is 4.42. The summed E-state index contributed by atoms with van der Waals surface area (Å²) in [6, 6.07) is 0. The number of nitrogens with two attached hydrogens (primary N) is 2. The van der Waals surface area contributed by atoms with Gasteiger partial charge in [0, 0.05) is 20.6 Å². The Kier molecular flexibility index (Phi) is 2.95. The molecule has 6 heteroatoms. The quantitative estimate of drug-likeness (QED) is 0.636. The average Bonchev–Trinajstić information content (AvgIpc) is 2.15. The molecule has 6 nitrogen and oxygen atoms in total. The molecule has 1 heterocycles. The van der Waals surface area contributed by atoms with Crippen molar-refractivity contribution in [1.29, 1.82) is 0 Å². The van der Waals surface area contributed by atoms with Crippen LogP contribution in [0.2, 0.25) is 0 Å². The van der Waals surface area contributed by atoms with E-state index < -0.39 is 0 Å². The molecular weight excluding hydrogens is 180 g/mol. The SMILES string of the molecule is CCN(C)c1nc(N)nc(N)c1NC. The van der Waals surface area contributed by atoms with Gasteiger partial charge in [-0.1, -0.05) is 0 Å². The Morgan fingerprint density at radius 2 is 2.00 bits per heavy atom. The fourth-order valence-corrected chi connectivity index (χ4v) is 1.15. The van der Waals surface area contributed by atoms with Crippen LogP contribution in [-0.4, -0.2) is 30.6 Å². The Morgan fingerprint density at radius 3 is 2.50 bits per heavy atom. The van der Waals surface area contributed by atoms with Gasteiger partial charge in [-0.3, -0.25) is 0 Å². The van der Waals surface area contributed by atoms with E-state index in [1.165, 1.54) is 0 Å². The van der Waals surface area contributed by atoms with Crippen LogP contribution in [-0.2, 0) is 0 Å². The standard InChI is InChI=1S/C8H16N6/c1-4-14(3)7-5(11-2)6(9)12-8(10)13-7/h11H,4H2,1-3H3,(H4,9,10,12,13). The Hall–Kier alpha value is -1.72. The van der Waals surface area contributed by atoms with Gasteiger partial charge in [-0.2, -0.15) is 9.97 Å². The van der Waals surface area contributed by atoms with E-state index in [0.29, 0.717) is 11.5 Å². The van der Waals surface area contributed by atoms with Gasteiger partial charge in [-0.15, -0.1) is 0 Å². The average molecular weight is 196 g/mol. The molecule has 1 rings (SSSR count). The summed E-state index contributed by atoms with van der Waals surface area (Å²) >= 11 is 0. The summed E-state index contributed by atoms with van der Waals surface area (Å²) < 4.78 is 0. The molecule has 0 spiro atoms. The summed E-state index contributed by atoms with van der Waals surface area (Å²) in [6.45, 7) is 2.85. The normalized spacial score (nSPS) is 9.93. The fourth-order valence-electron chi connectivity index (χ4n) is 1.15. The van der Waals surface area contributed by atoms with Crippen molar-refractivity contribution >= 4 is 23.3 Å². The highest BCUT2D eigenvalue weighted by Gasteiger charge is 2.12. The zero-order valence-corrected chi connectivity index (χ0v) is 8.70. The molecule has 0 saturated carbocycles. The Bertz CT molecular complexity index is 324. The molecule has 0 atom stereocenters. The molecule has 0 aliphatic carbocycles. The largest absolute Gasteiger partial charge is 0.382 e. The third-order valence-corrected chi connectivity index (χ3v) is 2.02. The number of rotatable bonds is 3. The summed E-state index contributed by atoms with van der Waals surface area (Å²) in [5.41, 5.74) is 11.9. The second kappa shape index (κ2) is 3.99. The minimum Gasteiger partial charge on any atom is -0.382 e. The molecule has 0 aromatic carbocycles. The number of nitrogen functional groups attached to an aromatic ring is 2. The van der Waals surface area contributed by atoms with E-state index in [9.17, 15) is 0 Å². The predicted octanol–water partition coefficient (Wildman–Crippen LogP) is 0.139. The van der Waals surface area contributed by atoms with Gasteiger partial charge in [0.05, 0.1) is 0 Å². The molecule has 1 aromatic heterocycles. The molecule has 0 radical (unpaired) electrons. The van der Waals surface area contributed by atoms with Gasteiger partial charge < -0.3 is 21.7 Å². The van der Waals surface area contributed by atoms with Crippen molar-refractivity contribution < 1.29 is 0 Å². The van der Waals surface area contributed by atoms with Crippen LogP contribution >= 0.6 is 0 Å². The van der Waals surface area contributed by atoms with Crippen LogP contribution in [0.4, 0.5) is 23.3 Å². The zero-order valence-electron chi connectivity index (χ0n) is 8.70. The highest BCUT2D eigenvalue weighted by atomic mass is 15.2. The van der Waals surface area contributed by atoms with Crippen LogP contribution in [0.25, 0.3) is 0 Å². The van der Waals surface area contributed by atoms with Crippen LogP contribution < -0.4 is 21.7 Å². The maximum absolute atomic E-state index is 5.70. The molecule has 0 aliphatic heterocycles. The number of hydrogen-bond donors (Lipinski definition) is 3. The minimum atomic E-state index is 0.191. The maximum atomic E-state index is 5.70. The molecule has 0 bridgehead atoms. The Labute approximate surface area is 83.3 Å². The van der Waals surface area contributed by atoms with E-state index in [0.717, 1.165) is 12.4 Å². The molecule has 1 aromatic rings. The number of anilines is 4. The van der Waals surface area contributed by atoms with Crippen molar-refractivity contribution in [1.82, 2.24) is 9.97 Å². The van der Waals surface area contributed by atoms with E-state index in [-0.39, 0.29) is 5.95 Å². The molecule has 0 aliphatic rings. The lowest BCUT2D eigenvalue weighted by atomic mass is 10.4. The van der Waals surface area contributed by atoms with E-state index in [2.05, 4.69) is 15.3 Å². The van der Waals surface area contributed by atoms with Gasteiger partial charge in [0.25, 0.3) is 0 Å². The number of aromatic nitrogens is 2. The topological polar surface area (TPSA) is 93.1 Å². The predicted molar refractivity (Wildman–Crippen MR) is 59.3 cm³/mol. The van der Waals surface area contributed by atoms with E-state index >= 15 is 0 Å². The molecule has 14 heavy (non-hydrogen) atoms. The molecule has 0 fully saturated rings. The molecule has 5 N–H and O–H groups in total. The summed E-state index contributed by atoms with van der Waals surface area (Å²) in [5, 5.41) is 2.96. The van der Waals surface area contributed by atoms with Crippen LogP contribution in [0, 0.1) is 0 Å². The second-order valence-electron chi connectivity index (χ2n) is 2.93. The fraction of sp³-hybridized carbons (Fsp3) is 0.500. The number of nitrogens with one attached hydrogen (secondary N) is 1. The summed E-state index contributed by atoms with van der Waals surface area (Å²) in [4.78, 5) is 9.95. The second-order valence-corrected chi connectivity index (χ2v) is 2.93. The first-order chi connectivity index (χ1) is 6.60. The number of nitrogens with zero attached hydrogens (tertiary/aromatic N) is 3. The van der Waals surface area contributed by atoms with Crippen molar-refractivity contribution in [3.63, 3.8) is 0 Å². The van der Waals surface area contributed by atoms with Crippen molar-refractivity contribution in [2.45, 2.75) is 6.92 Å².